The van der Waals surface area contributed by atoms with E-state index in [9.17, 15) is 8.42 Å². The number of hydrogen-bond acceptors (Lipinski definition) is 3. The Labute approximate surface area is 137 Å². The van der Waals surface area contributed by atoms with Crippen LogP contribution in [0.25, 0.3) is 0 Å². The molecule has 0 aromatic heterocycles. The van der Waals surface area contributed by atoms with Crippen LogP contribution in [0.15, 0.2) is 21.5 Å². The first-order valence-electron chi connectivity index (χ1n) is 4.98. The standard InChI is InChI=1S/C10H13BrCl2N2O2S.ClH/c1-10(2,5-14)15-18(16,17)9-7(12)3-6(11)4-8(9)13;/h3-4,15H,5,14H2,1-2H3;1H. The first kappa shape index (κ1) is 19.4. The molecule has 0 aliphatic heterocycles. The van der Waals surface area contributed by atoms with Crippen LogP contribution in [0.5, 0.6) is 0 Å². The molecule has 9 heteroatoms. The molecular weight excluding hydrogens is 398 g/mol. The van der Waals surface area contributed by atoms with Gasteiger partial charge in [-0.25, -0.2) is 13.1 Å². The normalized spacial score (nSPS) is 12.1. The van der Waals surface area contributed by atoms with Crippen LogP contribution < -0.4 is 10.5 Å². The summed E-state index contributed by atoms with van der Waals surface area (Å²) in [5, 5.41) is 0.101. The minimum atomic E-state index is -3.82. The van der Waals surface area contributed by atoms with Gasteiger partial charge >= 0.3 is 0 Å². The predicted octanol–water partition coefficient (Wildman–Crippen LogP) is 3.19. The maximum absolute atomic E-state index is 12.2. The smallest absolute Gasteiger partial charge is 0.244 e. The Kier molecular flexibility index (Phi) is 7.09. The number of nitrogens with one attached hydrogen (secondary N) is 1. The Morgan fingerprint density at radius 1 is 1.32 bits per heavy atom. The van der Waals surface area contributed by atoms with Crippen molar-refractivity contribution in [1.82, 2.24) is 4.72 Å². The van der Waals surface area contributed by atoms with Gasteiger partial charge in [-0.1, -0.05) is 39.1 Å². The fourth-order valence-electron chi connectivity index (χ4n) is 1.24. The van der Waals surface area contributed by atoms with E-state index in [0.29, 0.717) is 4.47 Å². The number of halogens is 4. The lowest BCUT2D eigenvalue weighted by Crippen LogP contribution is -2.48. The van der Waals surface area contributed by atoms with Crippen molar-refractivity contribution in [2.45, 2.75) is 24.3 Å². The third kappa shape index (κ3) is 5.04. The van der Waals surface area contributed by atoms with Crippen molar-refractivity contribution in [2.24, 2.45) is 5.73 Å². The third-order valence-electron chi connectivity index (χ3n) is 2.15. The van der Waals surface area contributed by atoms with Crippen molar-refractivity contribution in [3.63, 3.8) is 0 Å². The third-order valence-corrected chi connectivity index (χ3v) is 5.23. The summed E-state index contributed by atoms with van der Waals surface area (Å²) >= 11 is 15.0. The molecule has 0 bridgehead atoms. The van der Waals surface area contributed by atoms with Crippen LogP contribution in [0.4, 0.5) is 0 Å². The van der Waals surface area contributed by atoms with Crippen LogP contribution in [0.2, 0.25) is 10.0 Å². The van der Waals surface area contributed by atoms with Gasteiger partial charge in [0.05, 0.1) is 10.0 Å². The molecule has 3 N–H and O–H groups in total. The maximum Gasteiger partial charge on any atom is 0.244 e. The van der Waals surface area contributed by atoms with Crippen molar-refractivity contribution in [3.05, 3.63) is 26.7 Å². The van der Waals surface area contributed by atoms with E-state index in [1.54, 1.807) is 13.8 Å². The topological polar surface area (TPSA) is 72.2 Å². The summed E-state index contributed by atoms with van der Waals surface area (Å²) in [5.41, 5.74) is 4.71. The van der Waals surface area contributed by atoms with Crippen molar-refractivity contribution in [1.29, 1.82) is 0 Å². The second kappa shape index (κ2) is 6.93. The first-order valence-corrected chi connectivity index (χ1v) is 8.01. The van der Waals surface area contributed by atoms with Gasteiger partial charge in [-0.15, -0.1) is 12.4 Å². The molecule has 0 saturated carbocycles. The van der Waals surface area contributed by atoms with Crippen LogP contribution in [0, 0.1) is 0 Å². The highest BCUT2D eigenvalue weighted by molar-refractivity contribution is 9.10. The van der Waals surface area contributed by atoms with Crippen LogP contribution >= 0.6 is 51.5 Å². The predicted molar refractivity (Wildman–Crippen MR) is 84.9 cm³/mol. The number of rotatable bonds is 4. The van der Waals surface area contributed by atoms with Gasteiger partial charge in [0.15, 0.2) is 0 Å². The lowest BCUT2D eigenvalue weighted by Gasteiger charge is -2.24. The van der Waals surface area contributed by atoms with Gasteiger partial charge in [0.1, 0.15) is 4.90 Å². The first-order chi connectivity index (χ1) is 8.09. The largest absolute Gasteiger partial charge is 0.329 e. The minimum Gasteiger partial charge on any atom is -0.329 e. The van der Waals surface area contributed by atoms with Crippen molar-refractivity contribution < 1.29 is 8.42 Å². The molecule has 0 amide bonds. The summed E-state index contributed by atoms with van der Waals surface area (Å²) in [6, 6.07) is 2.94. The van der Waals surface area contributed by atoms with Crippen molar-refractivity contribution in [3.8, 4) is 0 Å². The molecule has 0 radical (unpaired) electrons. The van der Waals surface area contributed by atoms with Gasteiger partial charge in [-0.3, -0.25) is 0 Å². The molecule has 1 aromatic carbocycles. The molecule has 0 spiro atoms. The van der Waals surface area contributed by atoms with Gasteiger partial charge in [0.2, 0.25) is 10.0 Å². The summed E-state index contributed by atoms with van der Waals surface area (Å²) in [7, 11) is -3.82. The molecule has 110 valence electrons. The van der Waals surface area contributed by atoms with Crippen LogP contribution in [-0.4, -0.2) is 20.5 Å². The van der Waals surface area contributed by atoms with Crippen LogP contribution in [0.1, 0.15) is 13.8 Å². The Morgan fingerprint density at radius 2 is 1.74 bits per heavy atom. The average molecular weight is 413 g/mol. The van der Waals surface area contributed by atoms with E-state index in [1.165, 1.54) is 12.1 Å². The molecule has 0 aliphatic carbocycles. The van der Waals surface area contributed by atoms with E-state index in [-0.39, 0.29) is 33.9 Å². The monoisotopic (exact) mass is 410 g/mol. The fraction of sp³-hybridized carbons (Fsp3) is 0.400. The molecule has 0 unspecified atom stereocenters. The number of nitrogens with two attached hydrogens (primary N) is 1. The highest BCUT2D eigenvalue weighted by Crippen LogP contribution is 2.33. The summed E-state index contributed by atoms with van der Waals surface area (Å²) < 4.78 is 27.5. The molecule has 1 rings (SSSR count). The van der Waals surface area contributed by atoms with E-state index in [1.807, 2.05) is 0 Å². The highest BCUT2D eigenvalue weighted by Gasteiger charge is 2.28. The number of hydrogen-bond donors (Lipinski definition) is 2. The van der Waals surface area contributed by atoms with Gasteiger partial charge in [-0.05, 0) is 26.0 Å². The van der Waals surface area contributed by atoms with E-state index < -0.39 is 15.6 Å². The highest BCUT2D eigenvalue weighted by atomic mass is 79.9. The number of benzene rings is 1. The van der Waals surface area contributed by atoms with Crippen molar-refractivity contribution in [2.75, 3.05) is 6.54 Å². The van der Waals surface area contributed by atoms with E-state index in [4.69, 9.17) is 28.9 Å². The Bertz CT molecular complexity index is 541. The summed E-state index contributed by atoms with van der Waals surface area (Å²) in [5.74, 6) is 0. The van der Waals surface area contributed by atoms with Gasteiger partial charge in [0.25, 0.3) is 0 Å². The van der Waals surface area contributed by atoms with E-state index >= 15 is 0 Å². The quantitative estimate of drug-likeness (QED) is 0.798. The zero-order valence-electron chi connectivity index (χ0n) is 10.2. The van der Waals surface area contributed by atoms with Crippen LogP contribution in [-0.2, 0) is 10.0 Å². The maximum atomic E-state index is 12.2. The zero-order valence-corrected chi connectivity index (χ0v) is 14.9. The van der Waals surface area contributed by atoms with Crippen molar-refractivity contribution >= 4 is 61.6 Å². The number of sulfonamides is 1. The fourth-order valence-corrected chi connectivity index (χ4v) is 4.60. The van der Waals surface area contributed by atoms with E-state index in [2.05, 4.69) is 20.7 Å². The molecular formula is C10H14BrCl3N2O2S. The summed E-state index contributed by atoms with van der Waals surface area (Å²) in [6.45, 7) is 3.49. The molecule has 0 saturated heterocycles. The Hall–Kier alpha value is 0.440. The Balaban J connectivity index is 0.00000324. The molecule has 1 aromatic rings. The van der Waals surface area contributed by atoms with E-state index in [0.717, 1.165) is 0 Å². The van der Waals surface area contributed by atoms with Gasteiger partial charge < -0.3 is 5.73 Å². The molecule has 0 fully saturated rings. The van der Waals surface area contributed by atoms with Crippen LogP contribution in [0.3, 0.4) is 0 Å². The SMILES string of the molecule is CC(C)(CN)NS(=O)(=O)c1c(Cl)cc(Br)cc1Cl.Cl. The second-order valence-corrected chi connectivity index (χ2v) is 7.74. The molecule has 0 atom stereocenters. The molecule has 4 nitrogen and oxygen atoms in total. The lowest BCUT2D eigenvalue weighted by molar-refractivity contribution is 0.462. The zero-order chi connectivity index (χ0) is 14.1. The molecule has 19 heavy (non-hydrogen) atoms. The second-order valence-electron chi connectivity index (χ2n) is 4.39. The lowest BCUT2D eigenvalue weighted by atomic mass is 10.1. The van der Waals surface area contributed by atoms with Gasteiger partial charge in [-0.2, -0.15) is 0 Å². The molecule has 0 heterocycles. The minimum absolute atomic E-state index is 0. The summed E-state index contributed by atoms with van der Waals surface area (Å²) in [4.78, 5) is -0.143. The van der Waals surface area contributed by atoms with Gasteiger partial charge in [0, 0.05) is 16.6 Å². The average Bonchev–Trinajstić information content (AvgIpc) is 2.13. The molecule has 0 aliphatic rings. The Morgan fingerprint density at radius 3 is 2.11 bits per heavy atom. The summed E-state index contributed by atoms with van der Waals surface area (Å²) in [6.07, 6.45) is 0.